The van der Waals surface area contributed by atoms with Gasteiger partial charge in [0.1, 0.15) is 28.6 Å². The highest BCUT2D eigenvalue weighted by atomic mass is 32.2. The summed E-state index contributed by atoms with van der Waals surface area (Å²) in [6.45, 7) is 3.51. The third-order valence-corrected chi connectivity index (χ3v) is 7.71. The van der Waals surface area contributed by atoms with E-state index in [1.54, 1.807) is 0 Å². The van der Waals surface area contributed by atoms with Gasteiger partial charge in [0, 0.05) is 13.1 Å². The zero-order chi connectivity index (χ0) is 21.2. The molecule has 3 aromatic carbocycles. The Balaban J connectivity index is 1.24. The maximum atomic E-state index is 13.2. The van der Waals surface area contributed by atoms with Crippen molar-refractivity contribution in [1.29, 1.82) is 0 Å². The summed E-state index contributed by atoms with van der Waals surface area (Å²) in [6.07, 6.45) is 6.15. The predicted molar refractivity (Wildman–Crippen MR) is 125 cm³/mol. The molecule has 2 fully saturated rings. The van der Waals surface area contributed by atoms with Gasteiger partial charge in [0.05, 0.1) is 11.0 Å². The maximum Gasteiger partial charge on any atom is 0.127 e. The molecule has 1 heterocycles. The Kier molecular flexibility index (Phi) is 5.97. The van der Waals surface area contributed by atoms with Gasteiger partial charge in [-0.15, -0.1) is 0 Å². The molecule has 0 amide bonds. The maximum absolute atomic E-state index is 13.2. The number of rotatable bonds is 6. The highest BCUT2D eigenvalue weighted by molar-refractivity contribution is 7.82. The lowest BCUT2D eigenvalue weighted by Crippen LogP contribution is -2.26. The zero-order valence-electron chi connectivity index (χ0n) is 18.0. The fourth-order valence-electron chi connectivity index (χ4n) is 4.49. The average molecular weight is 436 g/mol. The van der Waals surface area contributed by atoms with Gasteiger partial charge in [-0.2, -0.15) is 0 Å². The number of nitrogens with zero attached hydrogens (tertiary/aromatic N) is 1. The van der Waals surface area contributed by atoms with Crippen LogP contribution in [0, 0.1) is 6.92 Å². The van der Waals surface area contributed by atoms with Gasteiger partial charge in [-0.3, -0.25) is 0 Å². The molecule has 1 aliphatic carbocycles. The predicted octanol–water partition coefficient (Wildman–Crippen LogP) is 5.65. The molecule has 1 saturated carbocycles. The summed E-state index contributed by atoms with van der Waals surface area (Å²) in [5.74, 6) is 1.81. The molecule has 0 aromatic heterocycles. The van der Waals surface area contributed by atoms with Gasteiger partial charge in [-0.05, 0) is 86.2 Å². The molecule has 2 aliphatic rings. The topological polar surface area (TPSA) is 38.8 Å². The summed E-state index contributed by atoms with van der Waals surface area (Å²) in [6, 6.07) is 20.4. The minimum atomic E-state index is -1.18. The van der Waals surface area contributed by atoms with Crippen LogP contribution in [0.15, 0.2) is 65.6 Å². The van der Waals surface area contributed by atoms with E-state index in [2.05, 4.69) is 37.3 Å². The first-order valence-corrected chi connectivity index (χ1v) is 12.4. The molecule has 0 spiro atoms. The summed E-state index contributed by atoms with van der Waals surface area (Å²) < 4.78 is 27.4. The molecule has 4 nitrogen and oxygen atoms in total. The number of benzene rings is 3. The third-order valence-electron chi connectivity index (χ3n) is 6.26. The molecule has 0 N–H and O–H groups in total. The molecule has 31 heavy (non-hydrogen) atoms. The van der Waals surface area contributed by atoms with Crippen LogP contribution in [0.2, 0.25) is 0 Å². The largest absolute Gasteiger partial charge is 0.490 e. The monoisotopic (exact) mass is 435 g/mol. The second kappa shape index (κ2) is 9.01. The Morgan fingerprint density at radius 3 is 2.29 bits per heavy atom. The summed E-state index contributed by atoms with van der Waals surface area (Å²) >= 11 is 0. The van der Waals surface area contributed by atoms with Crippen molar-refractivity contribution in [3.63, 3.8) is 0 Å². The van der Waals surface area contributed by atoms with Crippen LogP contribution in [0.4, 0.5) is 0 Å². The second-order valence-electron chi connectivity index (χ2n) is 8.67. The first kappa shape index (κ1) is 20.5. The number of hydrogen-bond acceptors (Lipinski definition) is 3. The SMILES string of the molecule is Cc1ccc(OC2CCN(S(=O)c3ccc4cc(OC5CCCC5)ccc4c3)C2)cc1. The Morgan fingerprint density at radius 2 is 1.48 bits per heavy atom. The van der Waals surface area contributed by atoms with Gasteiger partial charge in [-0.25, -0.2) is 8.51 Å². The van der Waals surface area contributed by atoms with E-state index < -0.39 is 11.0 Å². The Morgan fingerprint density at radius 1 is 0.806 bits per heavy atom. The molecule has 5 heteroatoms. The van der Waals surface area contributed by atoms with Crippen LogP contribution in [0.25, 0.3) is 10.8 Å². The van der Waals surface area contributed by atoms with Gasteiger partial charge in [0.2, 0.25) is 0 Å². The fourth-order valence-corrected chi connectivity index (χ4v) is 5.77. The molecule has 1 aliphatic heterocycles. The molecule has 162 valence electrons. The average Bonchev–Trinajstić information content (AvgIpc) is 3.47. The van der Waals surface area contributed by atoms with Crippen LogP contribution in [0.1, 0.15) is 37.7 Å². The summed E-state index contributed by atoms with van der Waals surface area (Å²) in [7, 11) is -1.18. The van der Waals surface area contributed by atoms with E-state index in [1.165, 1.54) is 18.4 Å². The Bertz CT molecular complexity index is 1080. The van der Waals surface area contributed by atoms with Crippen LogP contribution in [-0.4, -0.2) is 33.8 Å². The van der Waals surface area contributed by atoms with Crippen molar-refractivity contribution in [2.75, 3.05) is 13.1 Å². The lowest BCUT2D eigenvalue weighted by molar-refractivity contribution is 0.210. The molecule has 2 unspecified atom stereocenters. The number of ether oxygens (including phenoxy) is 2. The molecule has 0 radical (unpaired) electrons. The lowest BCUT2D eigenvalue weighted by atomic mass is 10.1. The highest BCUT2D eigenvalue weighted by Gasteiger charge is 2.28. The molecule has 2 atom stereocenters. The van der Waals surface area contributed by atoms with Crippen molar-refractivity contribution < 1.29 is 13.7 Å². The summed E-state index contributed by atoms with van der Waals surface area (Å²) in [5, 5.41) is 2.22. The lowest BCUT2D eigenvalue weighted by Gasteiger charge is -2.17. The number of fused-ring (bicyclic) bond motifs is 1. The van der Waals surface area contributed by atoms with E-state index in [-0.39, 0.29) is 6.10 Å². The Labute approximate surface area is 186 Å². The van der Waals surface area contributed by atoms with Gasteiger partial charge >= 0.3 is 0 Å². The highest BCUT2D eigenvalue weighted by Crippen LogP contribution is 2.29. The van der Waals surface area contributed by atoms with Gasteiger partial charge in [0.25, 0.3) is 0 Å². The van der Waals surface area contributed by atoms with Crippen molar-refractivity contribution in [2.45, 2.75) is 56.1 Å². The fraction of sp³-hybridized carbons (Fsp3) is 0.385. The van der Waals surface area contributed by atoms with Crippen molar-refractivity contribution in [2.24, 2.45) is 0 Å². The van der Waals surface area contributed by atoms with Crippen LogP contribution >= 0.6 is 0 Å². The zero-order valence-corrected chi connectivity index (χ0v) is 18.8. The van der Waals surface area contributed by atoms with Crippen molar-refractivity contribution in [1.82, 2.24) is 4.31 Å². The minimum absolute atomic E-state index is 0.0717. The second-order valence-corrected chi connectivity index (χ2v) is 10.2. The van der Waals surface area contributed by atoms with E-state index in [0.717, 1.165) is 53.0 Å². The normalized spacial score (nSPS) is 20.9. The van der Waals surface area contributed by atoms with Crippen molar-refractivity contribution >= 4 is 21.8 Å². The van der Waals surface area contributed by atoms with Gasteiger partial charge in [0.15, 0.2) is 0 Å². The van der Waals surface area contributed by atoms with Crippen molar-refractivity contribution in [3.05, 3.63) is 66.2 Å². The molecule has 1 saturated heterocycles. The van der Waals surface area contributed by atoms with E-state index >= 15 is 0 Å². The molecular formula is C26H29NO3S. The molecule has 3 aromatic rings. The van der Waals surface area contributed by atoms with Gasteiger partial charge < -0.3 is 9.47 Å². The van der Waals surface area contributed by atoms with Gasteiger partial charge in [-0.1, -0.05) is 29.8 Å². The first-order valence-electron chi connectivity index (χ1n) is 11.2. The van der Waals surface area contributed by atoms with E-state index in [1.807, 2.05) is 34.6 Å². The van der Waals surface area contributed by atoms with Crippen molar-refractivity contribution in [3.8, 4) is 11.5 Å². The molecular weight excluding hydrogens is 406 g/mol. The summed E-state index contributed by atoms with van der Waals surface area (Å²) in [4.78, 5) is 0.841. The van der Waals surface area contributed by atoms with E-state index in [0.29, 0.717) is 12.6 Å². The number of hydrogen-bond donors (Lipinski definition) is 0. The Hall–Kier alpha value is -2.37. The number of aryl methyl sites for hydroxylation is 1. The van der Waals surface area contributed by atoms with Crippen LogP contribution in [-0.2, 0) is 11.0 Å². The quantitative estimate of drug-likeness (QED) is 0.503. The third kappa shape index (κ3) is 4.78. The molecule has 0 bridgehead atoms. The van der Waals surface area contributed by atoms with Crippen LogP contribution in [0.3, 0.4) is 0 Å². The molecule has 5 rings (SSSR count). The minimum Gasteiger partial charge on any atom is -0.490 e. The van der Waals surface area contributed by atoms with Crippen LogP contribution in [0.5, 0.6) is 11.5 Å². The van der Waals surface area contributed by atoms with Crippen LogP contribution < -0.4 is 9.47 Å². The van der Waals surface area contributed by atoms with E-state index in [9.17, 15) is 4.21 Å². The summed E-state index contributed by atoms with van der Waals surface area (Å²) in [5.41, 5.74) is 1.22. The smallest absolute Gasteiger partial charge is 0.127 e. The first-order chi connectivity index (χ1) is 15.1. The standard InChI is InChI=1S/C26H29NO3S/c1-19-6-10-23(11-7-19)30-25-14-15-27(18-25)31(28)26-13-9-20-16-24(12-8-21(20)17-26)29-22-4-2-3-5-22/h6-13,16-17,22,25H,2-5,14-15,18H2,1H3. The van der Waals surface area contributed by atoms with E-state index in [4.69, 9.17) is 9.47 Å².